The first-order valence-electron chi connectivity index (χ1n) is 10.8. The lowest BCUT2D eigenvalue weighted by atomic mass is 9.85. The number of nitrogens with zero attached hydrogens (tertiary/aromatic N) is 3. The van der Waals surface area contributed by atoms with E-state index in [0.29, 0.717) is 15.7 Å². The normalized spacial score (nSPS) is 26.8. The van der Waals surface area contributed by atoms with E-state index in [1.807, 2.05) is 13.8 Å². The van der Waals surface area contributed by atoms with Crippen LogP contribution in [0.25, 0.3) is 0 Å². The van der Waals surface area contributed by atoms with Gasteiger partial charge in [-0.1, -0.05) is 67.1 Å². The third-order valence-electron chi connectivity index (χ3n) is 6.64. The molecule has 5 atom stereocenters. The van der Waals surface area contributed by atoms with Crippen LogP contribution in [0.5, 0.6) is 0 Å². The second kappa shape index (κ2) is 8.08. The number of carbonyl (C=O) groups is 3. The zero-order valence-corrected chi connectivity index (χ0v) is 19.3. The molecule has 5 unspecified atom stereocenters. The Morgan fingerprint density at radius 1 is 1.16 bits per heavy atom. The molecule has 2 heterocycles. The first kappa shape index (κ1) is 21.3. The molecule has 2 aliphatic carbocycles. The zero-order chi connectivity index (χ0) is 22.6. The van der Waals surface area contributed by atoms with Crippen LogP contribution in [0.2, 0.25) is 5.02 Å². The van der Waals surface area contributed by atoms with E-state index in [-0.39, 0.29) is 53.7 Å². The monoisotopic (exact) mass is 470 g/mol. The van der Waals surface area contributed by atoms with Gasteiger partial charge in [0.15, 0.2) is 0 Å². The van der Waals surface area contributed by atoms with Crippen LogP contribution in [0.15, 0.2) is 36.4 Å². The lowest BCUT2D eigenvalue weighted by molar-refractivity contribution is -0.144. The van der Waals surface area contributed by atoms with Crippen LogP contribution in [-0.2, 0) is 14.4 Å². The number of likely N-dealkylation sites (tertiary alicyclic amines) is 1. The molecule has 5 rings (SSSR count). The molecule has 166 valence electrons. The standard InChI is InChI=1S/C23H23ClN4O3S/c1-11(2)20-26-27-23(32-20)25-17(29)10-16(14-5-3-4-6-15(14)24)28-21(30)18-12-7-8-13(9-12)19(18)22(28)31/h3-8,11-13,16,18-19H,9-10H2,1-2H3,(H,25,27,29). The van der Waals surface area contributed by atoms with E-state index in [1.54, 1.807) is 24.3 Å². The average Bonchev–Trinajstić information content (AvgIpc) is 3.52. The first-order chi connectivity index (χ1) is 15.3. The minimum absolute atomic E-state index is 0.0972. The number of halogens is 1. The van der Waals surface area contributed by atoms with Gasteiger partial charge in [0.05, 0.1) is 24.3 Å². The fourth-order valence-electron chi connectivity index (χ4n) is 5.18. The Bertz CT molecular complexity index is 1100. The summed E-state index contributed by atoms with van der Waals surface area (Å²) in [5, 5.41) is 12.5. The third kappa shape index (κ3) is 3.46. The van der Waals surface area contributed by atoms with Crippen LogP contribution in [0, 0.1) is 23.7 Å². The number of carbonyl (C=O) groups excluding carboxylic acids is 3. The fourth-order valence-corrected chi connectivity index (χ4v) is 6.21. The summed E-state index contributed by atoms with van der Waals surface area (Å²) in [4.78, 5) is 41.1. The van der Waals surface area contributed by atoms with E-state index in [2.05, 4.69) is 27.7 Å². The summed E-state index contributed by atoms with van der Waals surface area (Å²) >= 11 is 7.77. The number of benzene rings is 1. The highest BCUT2D eigenvalue weighted by molar-refractivity contribution is 7.15. The second-order valence-electron chi connectivity index (χ2n) is 8.94. The van der Waals surface area contributed by atoms with Gasteiger partial charge in [-0.3, -0.25) is 19.3 Å². The number of amides is 3. The first-order valence-corrected chi connectivity index (χ1v) is 12.0. The number of rotatable bonds is 6. The molecule has 3 amide bonds. The highest BCUT2D eigenvalue weighted by atomic mass is 35.5. The van der Waals surface area contributed by atoms with Crippen LogP contribution in [0.3, 0.4) is 0 Å². The predicted octanol–water partition coefficient (Wildman–Crippen LogP) is 4.19. The Morgan fingerprint density at radius 3 is 2.41 bits per heavy atom. The van der Waals surface area contributed by atoms with E-state index in [4.69, 9.17) is 11.6 Å². The van der Waals surface area contributed by atoms with Crippen molar-refractivity contribution in [3.63, 3.8) is 0 Å². The zero-order valence-electron chi connectivity index (χ0n) is 17.7. The summed E-state index contributed by atoms with van der Waals surface area (Å²) in [6.45, 7) is 4.01. The van der Waals surface area contributed by atoms with E-state index < -0.39 is 6.04 Å². The van der Waals surface area contributed by atoms with E-state index in [9.17, 15) is 14.4 Å². The van der Waals surface area contributed by atoms with Crippen molar-refractivity contribution in [2.24, 2.45) is 23.7 Å². The van der Waals surface area contributed by atoms with Gasteiger partial charge in [-0.05, 0) is 29.9 Å². The number of fused-ring (bicyclic) bond motifs is 5. The molecule has 1 aliphatic heterocycles. The van der Waals surface area contributed by atoms with Crippen LogP contribution < -0.4 is 5.32 Å². The number of hydrogen-bond donors (Lipinski definition) is 1. The number of nitrogens with one attached hydrogen (secondary N) is 1. The SMILES string of the molecule is CC(C)c1nnc(NC(=O)CC(c2ccccc2Cl)N2C(=O)C3C4C=CC(C4)C3C2=O)s1. The van der Waals surface area contributed by atoms with Crippen LogP contribution in [0.1, 0.15) is 49.2 Å². The van der Waals surface area contributed by atoms with Crippen molar-refractivity contribution < 1.29 is 14.4 Å². The second-order valence-corrected chi connectivity index (χ2v) is 10.4. The Kier molecular flexibility index (Phi) is 5.37. The molecule has 9 heteroatoms. The molecule has 0 radical (unpaired) electrons. The van der Waals surface area contributed by atoms with Crippen LogP contribution in [0.4, 0.5) is 5.13 Å². The quantitative estimate of drug-likeness (QED) is 0.504. The van der Waals surface area contributed by atoms with Crippen molar-refractivity contribution in [1.82, 2.24) is 15.1 Å². The predicted molar refractivity (Wildman–Crippen MR) is 121 cm³/mol. The summed E-state index contributed by atoms with van der Waals surface area (Å²) in [6, 6.07) is 6.28. The maximum Gasteiger partial charge on any atom is 0.234 e. The van der Waals surface area contributed by atoms with E-state index >= 15 is 0 Å². The van der Waals surface area contributed by atoms with Crippen molar-refractivity contribution >= 4 is 45.8 Å². The van der Waals surface area contributed by atoms with Crippen molar-refractivity contribution in [1.29, 1.82) is 0 Å². The van der Waals surface area contributed by atoms with Gasteiger partial charge in [0.2, 0.25) is 22.9 Å². The van der Waals surface area contributed by atoms with Gasteiger partial charge in [0.1, 0.15) is 5.01 Å². The number of anilines is 1. The third-order valence-corrected chi connectivity index (χ3v) is 8.12. The topological polar surface area (TPSA) is 92.3 Å². The van der Waals surface area contributed by atoms with Crippen LogP contribution >= 0.6 is 22.9 Å². The largest absolute Gasteiger partial charge is 0.300 e. The molecule has 2 bridgehead atoms. The van der Waals surface area contributed by atoms with Crippen LogP contribution in [-0.4, -0.2) is 32.8 Å². The fraction of sp³-hybridized carbons (Fsp3) is 0.435. The summed E-state index contributed by atoms with van der Waals surface area (Å²) < 4.78 is 0. The average molecular weight is 471 g/mol. The minimum Gasteiger partial charge on any atom is -0.300 e. The number of hydrogen-bond acceptors (Lipinski definition) is 6. The highest BCUT2D eigenvalue weighted by Gasteiger charge is 2.60. The molecule has 1 aromatic carbocycles. The van der Waals surface area contributed by atoms with Gasteiger partial charge in [-0.15, -0.1) is 10.2 Å². The molecule has 1 N–H and O–H groups in total. The van der Waals surface area contributed by atoms with Crippen molar-refractivity contribution in [3.05, 3.63) is 52.0 Å². The van der Waals surface area contributed by atoms with Gasteiger partial charge in [0, 0.05) is 10.9 Å². The molecule has 0 spiro atoms. The smallest absolute Gasteiger partial charge is 0.234 e. The van der Waals surface area contributed by atoms with Gasteiger partial charge in [0.25, 0.3) is 0 Å². The lowest BCUT2D eigenvalue weighted by Crippen LogP contribution is -2.38. The number of aromatic nitrogens is 2. The molecule has 2 aromatic rings. The summed E-state index contributed by atoms with van der Waals surface area (Å²) in [6.07, 6.45) is 4.87. The number of allylic oxidation sites excluding steroid dienone is 2. The number of imide groups is 1. The van der Waals surface area contributed by atoms with Gasteiger partial charge < -0.3 is 5.32 Å². The molecular formula is C23H23ClN4O3S. The minimum atomic E-state index is -0.772. The van der Waals surface area contributed by atoms with Gasteiger partial charge in [-0.2, -0.15) is 0 Å². The molecule has 1 saturated heterocycles. The lowest BCUT2D eigenvalue weighted by Gasteiger charge is -2.28. The molecule has 7 nitrogen and oxygen atoms in total. The Balaban J connectivity index is 1.43. The summed E-state index contributed by atoms with van der Waals surface area (Å²) in [7, 11) is 0. The summed E-state index contributed by atoms with van der Waals surface area (Å²) in [5.74, 6) is -1.01. The summed E-state index contributed by atoms with van der Waals surface area (Å²) in [5.41, 5.74) is 0.589. The van der Waals surface area contributed by atoms with Crippen molar-refractivity contribution in [2.45, 2.75) is 38.6 Å². The van der Waals surface area contributed by atoms with E-state index in [1.165, 1.54) is 16.2 Å². The Hall–Kier alpha value is -2.58. The van der Waals surface area contributed by atoms with Crippen molar-refractivity contribution in [3.8, 4) is 0 Å². The van der Waals surface area contributed by atoms with Crippen molar-refractivity contribution in [2.75, 3.05) is 5.32 Å². The molecule has 32 heavy (non-hydrogen) atoms. The maximum atomic E-state index is 13.4. The molecule has 3 aliphatic rings. The molecule has 2 fully saturated rings. The maximum absolute atomic E-state index is 13.4. The molecular weight excluding hydrogens is 448 g/mol. The Morgan fingerprint density at radius 2 is 1.81 bits per heavy atom. The van der Waals surface area contributed by atoms with Gasteiger partial charge in [-0.25, -0.2) is 0 Å². The molecule has 1 saturated carbocycles. The molecule has 1 aromatic heterocycles. The Labute approximate surface area is 194 Å². The van der Waals surface area contributed by atoms with Gasteiger partial charge >= 0.3 is 0 Å². The van der Waals surface area contributed by atoms with E-state index in [0.717, 1.165) is 11.4 Å². The highest BCUT2D eigenvalue weighted by Crippen LogP contribution is 2.54.